The summed E-state index contributed by atoms with van der Waals surface area (Å²) in [4.78, 5) is 36.2. The first-order valence-corrected chi connectivity index (χ1v) is 9.25. The molecule has 2 amide bonds. The molecule has 1 rings (SSSR count). The van der Waals surface area contributed by atoms with Crippen molar-refractivity contribution in [3.63, 3.8) is 0 Å². The zero-order chi connectivity index (χ0) is 20.2. The molecule has 1 atom stereocenters. The molecule has 0 aromatic heterocycles. The molecule has 150 valence electrons. The molecule has 0 saturated heterocycles. The minimum atomic E-state index is -0.333. The van der Waals surface area contributed by atoms with Crippen LogP contribution >= 0.6 is 0 Å². The van der Waals surface area contributed by atoms with E-state index in [9.17, 15) is 14.4 Å². The van der Waals surface area contributed by atoms with Gasteiger partial charge >= 0.3 is 0 Å². The molecule has 1 fully saturated rings. The first kappa shape index (κ1) is 22.8. The summed E-state index contributed by atoms with van der Waals surface area (Å²) < 4.78 is 0. The van der Waals surface area contributed by atoms with E-state index in [1.165, 1.54) is 4.90 Å². The van der Waals surface area contributed by atoms with Gasteiger partial charge in [-0.3, -0.25) is 9.59 Å². The highest BCUT2D eigenvalue weighted by atomic mass is 16.2. The van der Waals surface area contributed by atoms with Gasteiger partial charge in [-0.15, -0.1) is 0 Å². The number of carbonyl (C=O) groups is 3. The normalized spacial score (nSPS) is 15.3. The standard InChI is InChI=1S/C20H32N4O3/c1-5-15(11-21-3)16(6-2)12-22-13-18(17-7-8-17)20(27)24(4)14-19(26)23-9-10-25/h5-6,10,17-18,21-22H,1-2,7-9,11-14H2,3-4H3,(H,23,26)/b16-15-. The van der Waals surface area contributed by atoms with Crippen LogP contribution in [0.5, 0.6) is 0 Å². The van der Waals surface area contributed by atoms with E-state index in [-0.39, 0.29) is 30.8 Å². The average molecular weight is 377 g/mol. The van der Waals surface area contributed by atoms with Crippen LogP contribution in [0.2, 0.25) is 0 Å². The lowest BCUT2D eigenvalue weighted by Crippen LogP contribution is -2.44. The maximum Gasteiger partial charge on any atom is 0.239 e. The highest BCUT2D eigenvalue weighted by Gasteiger charge is 2.37. The van der Waals surface area contributed by atoms with Crippen molar-refractivity contribution in [2.45, 2.75) is 12.8 Å². The minimum absolute atomic E-state index is 0.0383. The Hall–Kier alpha value is -2.25. The maximum atomic E-state index is 12.7. The Balaban J connectivity index is 2.62. The Bertz CT molecular complexity index is 582. The molecule has 7 heteroatoms. The van der Waals surface area contributed by atoms with Gasteiger partial charge in [0.05, 0.1) is 19.0 Å². The summed E-state index contributed by atoms with van der Waals surface area (Å²) in [6, 6.07) is 0. The predicted molar refractivity (Wildman–Crippen MR) is 107 cm³/mol. The zero-order valence-corrected chi connectivity index (χ0v) is 16.4. The largest absolute Gasteiger partial charge is 0.348 e. The summed E-state index contributed by atoms with van der Waals surface area (Å²) in [6.45, 7) is 9.47. The van der Waals surface area contributed by atoms with Crippen LogP contribution in [0.15, 0.2) is 36.5 Å². The zero-order valence-electron chi connectivity index (χ0n) is 16.4. The lowest BCUT2D eigenvalue weighted by Gasteiger charge is -2.24. The van der Waals surface area contributed by atoms with Gasteiger partial charge in [0.2, 0.25) is 11.8 Å². The molecule has 1 aliphatic rings. The topological polar surface area (TPSA) is 90.5 Å². The number of rotatable bonds is 14. The lowest BCUT2D eigenvalue weighted by atomic mass is 10.0. The first-order valence-electron chi connectivity index (χ1n) is 9.25. The smallest absolute Gasteiger partial charge is 0.239 e. The molecular formula is C20H32N4O3. The number of nitrogens with zero attached hydrogens (tertiary/aromatic N) is 1. The molecule has 0 radical (unpaired) electrons. The van der Waals surface area contributed by atoms with Crippen LogP contribution in [0.3, 0.4) is 0 Å². The van der Waals surface area contributed by atoms with Crippen LogP contribution in [0.4, 0.5) is 0 Å². The molecule has 1 saturated carbocycles. The SMILES string of the molecule is C=C/C(CNC)=C(\C=C)CNCC(C(=O)N(C)CC(=O)NCC=O)C1CC1. The predicted octanol–water partition coefficient (Wildman–Crippen LogP) is 0.264. The Labute approximate surface area is 161 Å². The number of amides is 2. The molecule has 0 spiro atoms. The lowest BCUT2D eigenvalue weighted by molar-refractivity contribution is -0.138. The highest BCUT2D eigenvalue weighted by molar-refractivity contribution is 5.86. The second-order valence-corrected chi connectivity index (χ2v) is 6.73. The van der Waals surface area contributed by atoms with Crippen LogP contribution in [-0.2, 0) is 14.4 Å². The first-order chi connectivity index (χ1) is 13.0. The summed E-state index contributed by atoms with van der Waals surface area (Å²) in [5, 5.41) is 8.91. The number of hydrogen-bond donors (Lipinski definition) is 3. The van der Waals surface area contributed by atoms with E-state index in [1.54, 1.807) is 13.1 Å². The third kappa shape index (κ3) is 7.88. The highest BCUT2D eigenvalue weighted by Crippen LogP contribution is 2.37. The fourth-order valence-corrected chi connectivity index (χ4v) is 2.93. The van der Waals surface area contributed by atoms with E-state index in [2.05, 4.69) is 29.1 Å². The Kier molecular flexibility index (Phi) is 10.3. The molecule has 0 heterocycles. The van der Waals surface area contributed by atoms with Gasteiger partial charge in [0, 0.05) is 26.7 Å². The van der Waals surface area contributed by atoms with Gasteiger partial charge in [0.1, 0.15) is 6.29 Å². The number of carbonyl (C=O) groups excluding carboxylic acids is 3. The Morgan fingerprint density at radius 1 is 1.19 bits per heavy atom. The summed E-state index contributed by atoms with van der Waals surface area (Å²) in [7, 11) is 3.50. The van der Waals surface area contributed by atoms with E-state index in [0.29, 0.717) is 31.8 Å². The molecule has 7 nitrogen and oxygen atoms in total. The molecule has 0 aromatic rings. The van der Waals surface area contributed by atoms with Crippen molar-refractivity contribution in [1.82, 2.24) is 20.9 Å². The van der Waals surface area contributed by atoms with Crippen LogP contribution in [-0.4, -0.2) is 69.8 Å². The summed E-state index contributed by atoms with van der Waals surface area (Å²) in [5.74, 6) is -0.177. The van der Waals surface area contributed by atoms with Crippen LogP contribution in [0.25, 0.3) is 0 Å². The van der Waals surface area contributed by atoms with Gasteiger partial charge < -0.3 is 25.6 Å². The van der Waals surface area contributed by atoms with E-state index in [0.717, 1.165) is 24.0 Å². The summed E-state index contributed by atoms with van der Waals surface area (Å²) in [5.41, 5.74) is 2.11. The van der Waals surface area contributed by atoms with E-state index in [1.807, 2.05) is 13.1 Å². The second-order valence-electron chi connectivity index (χ2n) is 6.73. The Morgan fingerprint density at radius 3 is 2.33 bits per heavy atom. The van der Waals surface area contributed by atoms with E-state index in [4.69, 9.17) is 0 Å². The fourth-order valence-electron chi connectivity index (χ4n) is 2.93. The van der Waals surface area contributed by atoms with Gasteiger partial charge in [-0.2, -0.15) is 0 Å². The third-order valence-electron chi connectivity index (χ3n) is 4.60. The number of aldehydes is 1. The minimum Gasteiger partial charge on any atom is -0.348 e. The monoisotopic (exact) mass is 376 g/mol. The molecule has 0 aliphatic heterocycles. The number of likely N-dealkylation sites (N-methyl/N-ethyl adjacent to an activating group) is 2. The van der Waals surface area contributed by atoms with Gasteiger partial charge in [-0.05, 0) is 37.0 Å². The van der Waals surface area contributed by atoms with Gasteiger partial charge in [-0.1, -0.05) is 25.3 Å². The molecule has 1 aliphatic carbocycles. The maximum absolute atomic E-state index is 12.7. The number of hydrogen-bond acceptors (Lipinski definition) is 5. The number of nitrogens with one attached hydrogen (secondary N) is 3. The van der Waals surface area contributed by atoms with Crippen LogP contribution in [0, 0.1) is 11.8 Å². The Morgan fingerprint density at radius 2 is 1.81 bits per heavy atom. The summed E-state index contributed by atoms with van der Waals surface area (Å²) >= 11 is 0. The van der Waals surface area contributed by atoms with Gasteiger partial charge in [-0.25, -0.2) is 0 Å². The molecule has 1 unspecified atom stereocenters. The summed E-state index contributed by atoms with van der Waals surface area (Å²) in [6.07, 6.45) is 6.30. The molecule has 0 bridgehead atoms. The quantitative estimate of drug-likeness (QED) is 0.299. The van der Waals surface area contributed by atoms with Crippen molar-refractivity contribution < 1.29 is 14.4 Å². The second kappa shape index (κ2) is 12.2. The van der Waals surface area contributed by atoms with Gasteiger partial charge in [0.25, 0.3) is 0 Å². The molecule has 27 heavy (non-hydrogen) atoms. The van der Waals surface area contributed by atoms with Crippen molar-refractivity contribution in [3.05, 3.63) is 36.5 Å². The third-order valence-corrected chi connectivity index (χ3v) is 4.60. The average Bonchev–Trinajstić information content (AvgIpc) is 3.49. The molecule has 0 aromatic carbocycles. The van der Waals surface area contributed by atoms with Crippen LogP contribution in [0.1, 0.15) is 12.8 Å². The van der Waals surface area contributed by atoms with Crippen molar-refractivity contribution in [1.29, 1.82) is 0 Å². The van der Waals surface area contributed by atoms with Crippen LogP contribution < -0.4 is 16.0 Å². The van der Waals surface area contributed by atoms with E-state index >= 15 is 0 Å². The van der Waals surface area contributed by atoms with Crippen molar-refractivity contribution in [2.75, 3.05) is 46.8 Å². The van der Waals surface area contributed by atoms with E-state index < -0.39 is 0 Å². The van der Waals surface area contributed by atoms with Gasteiger partial charge in [0.15, 0.2) is 0 Å². The van der Waals surface area contributed by atoms with Crippen molar-refractivity contribution in [3.8, 4) is 0 Å². The van der Waals surface area contributed by atoms with Crippen molar-refractivity contribution >= 4 is 18.1 Å². The van der Waals surface area contributed by atoms with Crippen molar-refractivity contribution in [2.24, 2.45) is 11.8 Å². The molecule has 3 N–H and O–H groups in total. The fraction of sp³-hybridized carbons (Fsp3) is 0.550. The molecular weight excluding hydrogens is 344 g/mol.